The number of benzene rings is 2. The van der Waals surface area contributed by atoms with Crippen molar-refractivity contribution in [3.8, 4) is 11.4 Å². The molecule has 1 fully saturated rings. The Labute approximate surface area is 157 Å². The minimum Gasteiger partial charge on any atom is -0.486 e. The van der Waals surface area contributed by atoms with E-state index in [0.717, 1.165) is 16.9 Å². The number of carbonyl (C=O) groups excluding carboxylic acids is 1. The Bertz CT molecular complexity index is 1010. The highest BCUT2D eigenvalue weighted by Gasteiger charge is 2.34. The molecule has 0 unspecified atom stereocenters. The summed E-state index contributed by atoms with van der Waals surface area (Å²) in [4.78, 5) is 26.5. The van der Waals surface area contributed by atoms with Gasteiger partial charge in [0.15, 0.2) is 0 Å². The molecule has 1 amide bonds. The van der Waals surface area contributed by atoms with Crippen molar-refractivity contribution >= 4 is 5.91 Å². The van der Waals surface area contributed by atoms with Gasteiger partial charge in [-0.05, 0) is 37.1 Å². The van der Waals surface area contributed by atoms with Crippen LogP contribution in [0.25, 0.3) is 5.69 Å². The molecule has 1 saturated heterocycles. The number of rotatable bonds is 4. The van der Waals surface area contributed by atoms with E-state index in [1.54, 1.807) is 4.90 Å². The average molecular weight is 363 g/mol. The molecule has 1 aromatic heterocycles. The second-order valence-electron chi connectivity index (χ2n) is 6.85. The van der Waals surface area contributed by atoms with Crippen molar-refractivity contribution in [1.29, 1.82) is 0 Å². The van der Waals surface area contributed by atoms with Gasteiger partial charge in [0.25, 0.3) is 11.5 Å². The number of H-pyrrole nitrogens is 1. The number of aromatic nitrogens is 2. The van der Waals surface area contributed by atoms with Crippen LogP contribution in [0.1, 0.15) is 21.6 Å². The third-order valence-electron chi connectivity index (χ3n) is 4.79. The van der Waals surface area contributed by atoms with Gasteiger partial charge in [0.1, 0.15) is 17.5 Å². The molecule has 4 rings (SSSR count). The Morgan fingerprint density at radius 3 is 2.37 bits per heavy atom. The fraction of sp³-hybridized carbons (Fsp3) is 0.238. The summed E-state index contributed by atoms with van der Waals surface area (Å²) >= 11 is 0. The first-order valence-electron chi connectivity index (χ1n) is 8.92. The second-order valence-corrected chi connectivity index (χ2v) is 6.85. The lowest BCUT2D eigenvalue weighted by atomic mass is 10.1. The number of amides is 1. The van der Waals surface area contributed by atoms with Crippen molar-refractivity contribution in [3.63, 3.8) is 0 Å². The molecule has 0 radical (unpaired) electrons. The van der Waals surface area contributed by atoms with E-state index in [9.17, 15) is 9.59 Å². The molecular formula is C21H21N3O3. The summed E-state index contributed by atoms with van der Waals surface area (Å²) in [5, 5.41) is 2.90. The van der Waals surface area contributed by atoms with Crippen molar-refractivity contribution in [2.24, 2.45) is 0 Å². The van der Waals surface area contributed by atoms with Gasteiger partial charge in [-0.3, -0.25) is 14.7 Å². The lowest BCUT2D eigenvalue weighted by Gasteiger charge is -2.39. The van der Waals surface area contributed by atoms with E-state index >= 15 is 0 Å². The molecular weight excluding hydrogens is 342 g/mol. The van der Waals surface area contributed by atoms with E-state index in [4.69, 9.17) is 4.74 Å². The predicted octanol–water partition coefficient (Wildman–Crippen LogP) is 2.69. The molecule has 0 saturated carbocycles. The standard InChI is InChI=1S/C21H21N3O3/c1-14-7-6-8-15(2)20(14)27-17-12-23(13-17)21(26)18-11-19(25)24(22-18)16-9-4-3-5-10-16/h3-11,17,22H,12-13H2,1-2H3. The van der Waals surface area contributed by atoms with E-state index in [-0.39, 0.29) is 23.3 Å². The van der Waals surface area contributed by atoms with E-state index in [1.165, 1.54) is 10.7 Å². The van der Waals surface area contributed by atoms with Gasteiger partial charge in [-0.15, -0.1) is 0 Å². The SMILES string of the molecule is Cc1cccc(C)c1OC1CN(C(=O)c2cc(=O)n(-c3ccccc3)[nH]2)C1. The number of para-hydroxylation sites is 2. The van der Waals surface area contributed by atoms with Crippen LogP contribution < -0.4 is 10.3 Å². The Kier molecular flexibility index (Phi) is 4.32. The van der Waals surface area contributed by atoms with Crippen LogP contribution in [-0.4, -0.2) is 39.8 Å². The second kappa shape index (κ2) is 6.79. The first-order valence-corrected chi connectivity index (χ1v) is 8.92. The maximum atomic E-state index is 12.6. The lowest BCUT2D eigenvalue weighted by Crippen LogP contribution is -2.56. The number of hydrogen-bond donors (Lipinski definition) is 1. The van der Waals surface area contributed by atoms with Crippen LogP contribution in [-0.2, 0) is 0 Å². The summed E-state index contributed by atoms with van der Waals surface area (Å²) in [5.74, 6) is 0.696. The van der Waals surface area contributed by atoms with E-state index < -0.39 is 0 Å². The predicted molar refractivity (Wildman–Crippen MR) is 103 cm³/mol. The van der Waals surface area contributed by atoms with Crippen molar-refractivity contribution in [3.05, 3.63) is 81.8 Å². The fourth-order valence-electron chi connectivity index (χ4n) is 3.27. The van der Waals surface area contributed by atoms with Crippen molar-refractivity contribution in [1.82, 2.24) is 14.7 Å². The molecule has 0 spiro atoms. The maximum absolute atomic E-state index is 12.6. The third kappa shape index (κ3) is 3.26. The Morgan fingerprint density at radius 1 is 1.04 bits per heavy atom. The van der Waals surface area contributed by atoms with Gasteiger partial charge >= 0.3 is 0 Å². The molecule has 1 N–H and O–H groups in total. The molecule has 0 atom stereocenters. The third-order valence-corrected chi connectivity index (χ3v) is 4.79. The number of likely N-dealkylation sites (tertiary alicyclic amines) is 1. The summed E-state index contributed by atoms with van der Waals surface area (Å²) in [6.45, 7) is 5.04. The quantitative estimate of drug-likeness (QED) is 0.775. The summed E-state index contributed by atoms with van der Waals surface area (Å²) in [6.07, 6.45) is -0.0309. The van der Waals surface area contributed by atoms with Crippen molar-refractivity contribution < 1.29 is 9.53 Å². The van der Waals surface area contributed by atoms with Crippen molar-refractivity contribution in [2.75, 3.05) is 13.1 Å². The number of hydrogen-bond acceptors (Lipinski definition) is 3. The molecule has 0 bridgehead atoms. The van der Waals surface area contributed by atoms with Crippen LogP contribution in [0.5, 0.6) is 5.75 Å². The van der Waals surface area contributed by atoms with Gasteiger partial charge in [0.2, 0.25) is 0 Å². The number of ether oxygens (including phenoxy) is 1. The van der Waals surface area contributed by atoms with Gasteiger partial charge in [-0.25, -0.2) is 4.68 Å². The largest absolute Gasteiger partial charge is 0.486 e. The molecule has 2 aromatic carbocycles. The molecule has 0 aliphatic carbocycles. The first-order chi connectivity index (χ1) is 13.0. The molecule has 1 aliphatic rings. The molecule has 6 nitrogen and oxygen atoms in total. The Balaban J connectivity index is 1.43. The molecule has 27 heavy (non-hydrogen) atoms. The maximum Gasteiger partial charge on any atom is 0.272 e. The van der Waals surface area contributed by atoms with E-state index in [1.807, 2.05) is 62.4 Å². The van der Waals surface area contributed by atoms with E-state index in [0.29, 0.717) is 18.8 Å². The van der Waals surface area contributed by atoms with Crippen LogP contribution in [0.15, 0.2) is 59.4 Å². The number of carbonyl (C=O) groups is 1. The number of aromatic amines is 1. The molecule has 3 aromatic rings. The normalized spacial score (nSPS) is 14.1. The highest BCUT2D eigenvalue weighted by molar-refractivity contribution is 5.92. The number of aryl methyl sites for hydroxylation is 2. The van der Waals surface area contributed by atoms with Crippen LogP contribution >= 0.6 is 0 Å². The van der Waals surface area contributed by atoms with Crippen LogP contribution in [0.2, 0.25) is 0 Å². The Hall–Kier alpha value is -3.28. The van der Waals surface area contributed by atoms with Gasteiger partial charge in [0, 0.05) is 6.07 Å². The molecule has 6 heteroatoms. The summed E-state index contributed by atoms with van der Waals surface area (Å²) < 4.78 is 7.43. The minimum absolute atomic E-state index is 0.0309. The van der Waals surface area contributed by atoms with Gasteiger partial charge < -0.3 is 9.64 Å². The number of nitrogens with one attached hydrogen (secondary N) is 1. The monoisotopic (exact) mass is 363 g/mol. The topological polar surface area (TPSA) is 67.3 Å². The fourth-order valence-corrected chi connectivity index (χ4v) is 3.27. The van der Waals surface area contributed by atoms with Crippen LogP contribution in [0.3, 0.4) is 0 Å². The summed E-state index contributed by atoms with van der Waals surface area (Å²) in [7, 11) is 0. The molecule has 2 heterocycles. The molecule has 1 aliphatic heterocycles. The van der Waals surface area contributed by atoms with Gasteiger partial charge in [-0.2, -0.15) is 0 Å². The zero-order chi connectivity index (χ0) is 19.0. The van der Waals surface area contributed by atoms with Crippen LogP contribution in [0, 0.1) is 13.8 Å². The highest BCUT2D eigenvalue weighted by Crippen LogP contribution is 2.26. The highest BCUT2D eigenvalue weighted by atomic mass is 16.5. The Morgan fingerprint density at radius 2 is 1.70 bits per heavy atom. The number of nitrogens with zero attached hydrogens (tertiary/aromatic N) is 2. The lowest BCUT2D eigenvalue weighted by molar-refractivity contribution is 0.0168. The zero-order valence-electron chi connectivity index (χ0n) is 15.3. The molecule has 138 valence electrons. The van der Waals surface area contributed by atoms with Crippen molar-refractivity contribution in [2.45, 2.75) is 20.0 Å². The zero-order valence-corrected chi connectivity index (χ0v) is 15.3. The van der Waals surface area contributed by atoms with Crippen LogP contribution in [0.4, 0.5) is 0 Å². The first kappa shape index (κ1) is 17.1. The minimum atomic E-state index is -0.256. The van der Waals surface area contributed by atoms with Gasteiger partial charge in [0.05, 0.1) is 18.8 Å². The summed E-state index contributed by atoms with van der Waals surface area (Å²) in [5.41, 5.74) is 2.90. The smallest absolute Gasteiger partial charge is 0.272 e. The average Bonchev–Trinajstić information content (AvgIpc) is 3.02. The summed E-state index contributed by atoms with van der Waals surface area (Å²) in [6, 6.07) is 16.6. The van der Waals surface area contributed by atoms with E-state index in [2.05, 4.69) is 5.10 Å². The van der Waals surface area contributed by atoms with Gasteiger partial charge in [-0.1, -0.05) is 36.4 Å².